The van der Waals surface area contributed by atoms with Gasteiger partial charge in [0, 0.05) is 5.56 Å². The molecule has 4 N–H and O–H groups in total. The Morgan fingerprint density at radius 1 is 0.778 bits per heavy atom. The van der Waals surface area contributed by atoms with E-state index in [1.54, 1.807) is 24.3 Å². The molecule has 0 spiro atoms. The number of rotatable bonds is 4. The van der Waals surface area contributed by atoms with Crippen LogP contribution in [0.3, 0.4) is 0 Å². The third kappa shape index (κ3) is 3.40. The van der Waals surface area contributed by atoms with Crippen LogP contribution in [0.1, 0.15) is 31.8 Å². The number of aryl methyl sites for hydroxylation is 2. The highest BCUT2D eigenvalue weighted by Crippen LogP contribution is 2.39. The highest BCUT2D eigenvalue weighted by Gasteiger charge is 2.25. The van der Waals surface area contributed by atoms with E-state index in [0.717, 1.165) is 11.1 Å². The van der Waals surface area contributed by atoms with Crippen LogP contribution in [0.5, 0.6) is 0 Å². The first kappa shape index (κ1) is 18.2. The predicted molar refractivity (Wildman–Crippen MR) is 105 cm³/mol. The molecule has 0 amide bonds. The quantitative estimate of drug-likeness (QED) is 0.589. The molecule has 3 aromatic rings. The summed E-state index contributed by atoms with van der Waals surface area (Å²) in [5, 5.41) is 19.5. The molecule has 3 aromatic carbocycles. The third-order valence-electron chi connectivity index (χ3n) is 4.51. The van der Waals surface area contributed by atoms with Gasteiger partial charge in [0.15, 0.2) is 0 Å². The van der Waals surface area contributed by atoms with Crippen LogP contribution in [0.4, 0.5) is 5.69 Å². The van der Waals surface area contributed by atoms with Gasteiger partial charge < -0.3 is 15.9 Å². The van der Waals surface area contributed by atoms with Gasteiger partial charge in [-0.2, -0.15) is 0 Å². The molecule has 0 saturated carbocycles. The molecule has 0 bridgehead atoms. The van der Waals surface area contributed by atoms with Crippen molar-refractivity contribution in [2.24, 2.45) is 0 Å². The van der Waals surface area contributed by atoms with Crippen molar-refractivity contribution in [3.63, 3.8) is 0 Å². The largest absolute Gasteiger partial charge is 0.478 e. The Balaban J connectivity index is 2.37. The molecule has 136 valence electrons. The zero-order chi connectivity index (χ0) is 19.7. The number of aromatic carboxylic acids is 2. The van der Waals surface area contributed by atoms with Gasteiger partial charge in [-0.3, -0.25) is 0 Å². The first-order valence-corrected chi connectivity index (χ1v) is 8.36. The summed E-state index contributed by atoms with van der Waals surface area (Å²) in [4.78, 5) is 23.9. The lowest BCUT2D eigenvalue weighted by Gasteiger charge is -2.17. The van der Waals surface area contributed by atoms with E-state index in [4.69, 9.17) is 5.73 Å². The van der Waals surface area contributed by atoms with E-state index < -0.39 is 11.9 Å². The van der Waals surface area contributed by atoms with E-state index >= 15 is 0 Å². The number of anilines is 1. The van der Waals surface area contributed by atoms with Crippen molar-refractivity contribution in [3.05, 3.63) is 76.9 Å². The Hall–Kier alpha value is -3.60. The summed E-state index contributed by atoms with van der Waals surface area (Å²) < 4.78 is 0. The number of carboxylic acids is 2. The van der Waals surface area contributed by atoms with Crippen molar-refractivity contribution >= 4 is 17.6 Å². The zero-order valence-corrected chi connectivity index (χ0v) is 15.0. The van der Waals surface area contributed by atoms with Crippen LogP contribution < -0.4 is 5.73 Å². The Labute approximate surface area is 156 Å². The average molecular weight is 361 g/mol. The summed E-state index contributed by atoms with van der Waals surface area (Å²) >= 11 is 0. The normalized spacial score (nSPS) is 10.6. The Bertz CT molecular complexity index is 1040. The maximum atomic E-state index is 12.0. The summed E-state index contributed by atoms with van der Waals surface area (Å²) in [6.07, 6.45) is 0. The average Bonchev–Trinajstić information content (AvgIpc) is 2.62. The van der Waals surface area contributed by atoms with Crippen LogP contribution >= 0.6 is 0 Å². The summed E-state index contributed by atoms with van der Waals surface area (Å²) in [5.41, 5.74) is 9.72. The van der Waals surface area contributed by atoms with Crippen LogP contribution in [0, 0.1) is 13.8 Å². The lowest BCUT2D eigenvalue weighted by Crippen LogP contribution is -2.11. The highest BCUT2D eigenvalue weighted by molar-refractivity contribution is 6.10. The lowest BCUT2D eigenvalue weighted by atomic mass is 9.88. The van der Waals surface area contributed by atoms with E-state index in [1.807, 2.05) is 38.1 Å². The van der Waals surface area contributed by atoms with Crippen molar-refractivity contribution in [1.29, 1.82) is 0 Å². The van der Waals surface area contributed by atoms with Crippen LogP contribution in [0.15, 0.2) is 54.6 Å². The molecule has 0 aromatic heterocycles. The fourth-order valence-electron chi connectivity index (χ4n) is 3.09. The molecule has 5 heteroatoms. The molecular weight excluding hydrogens is 342 g/mol. The Morgan fingerprint density at radius 3 is 1.70 bits per heavy atom. The van der Waals surface area contributed by atoms with Gasteiger partial charge in [0.25, 0.3) is 0 Å². The van der Waals surface area contributed by atoms with Crippen LogP contribution in [0.2, 0.25) is 0 Å². The van der Waals surface area contributed by atoms with Crippen LogP contribution in [-0.2, 0) is 0 Å². The number of nitrogens with two attached hydrogens (primary N) is 1. The minimum atomic E-state index is -1.20. The third-order valence-corrected chi connectivity index (χ3v) is 4.51. The van der Waals surface area contributed by atoms with Gasteiger partial charge in [0.1, 0.15) is 0 Å². The maximum absolute atomic E-state index is 12.0. The minimum absolute atomic E-state index is 0.0306. The van der Waals surface area contributed by atoms with E-state index in [2.05, 4.69) is 0 Å². The van der Waals surface area contributed by atoms with Crippen molar-refractivity contribution in [2.45, 2.75) is 13.8 Å². The van der Waals surface area contributed by atoms with Crippen LogP contribution in [0.25, 0.3) is 22.3 Å². The second-order valence-electron chi connectivity index (χ2n) is 6.48. The van der Waals surface area contributed by atoms with Gasteiger partial charge in [-0.25, -0.2) is 9.59 Å². The van der Waals surface area contributed by atoms with Gasteiger partial charge in [-0.15, -0.1) is 0 Å². The number of carboxylic acid groups (broad SMARTS) is 2. The number of benzene rings is 3. The van der Waals surface area contributed by atoms with Crippen LogP contribution in [-0.4, -0.2) is 22.2 Å². The molecule has 0 fully saturated rings. The summed E-state index contributed by atoms with van der Waals surface area (Å²) in [5.74, 6) is -2.36. The van der Waals surface area contributed by atoms with E-state index in [9.17, 15) is 19.8 Å². The van der Waals surface area contributed by atoms with Crippen molar-refractivity contribution in [3.8, 4) is 22.3 Å². The second kappa shape index (κ2) is 6.96. The van der Waals surface area contributed by atoms with Gasteiger partial charge >= 0.3 is 11.9 Å². The van der Waals surface area contributed by atoms with Gasteiger partial charge in [0.05, 0.1) is 16.8 Å². The molecule has 0 saturated heterocycles. The summed E-state index contributed by atoms with van der Waals surface area (Å²) in [7, 11) is 0. The Kier molecular flexibility index (Phi) is 4.69. The topological polar surface area (TPSA) is 101 Å². The molecule has 0 atom stereocenters. The monoisotopic (exact) mass is 361 g/mol. The van der Waals surface area contributed by atoms with Crippen molar-refractivity contribution in [1.82, 2.24) is 0 Å². The Morgan fingerprint density at radius 2 is 1.26 bits per heavy atom. The van der Waals surface area contributed by atoms with Crippen molar-refractivity contribution in [2.75, 3.05) is 5.73 Å². The maximum Gasteiger partial charge on any atom is 0.338 e. The zero-order valence-electron chi connectivity index (χ0n) is 15.0. The number of carbonyl (C=O) groups is 2. The highest BCUT2D eigenvalue weighted by atomic mass is 16.4. The molecule has 0 unspecified atom stereocenters. The molecule has 27 heavy (non-hydrogen) atoms. The molecule has 0 aliphatic heterocycles. The van der Waals surface area contributed by atoms with Gasteiger partial charge in [0.2, 0.25) is 0 Å². The van der Waals surface area contributed by atoms with E-state index in [1.165, 1.54) is 6.07 Å². The van der Waals surface area contributed by atoms with Gasteiger partial charge in [-0.05, 0) is 36.6 Å². The number of hydrogen-bond donors (Lipinski definition) is 3. The first-order valence-electron chi connectivity index (χ1n) is 8.36. The SMILES string of the molecule is Cc1ccc(-c2cc(C(=O)O)c(-c3ccc(C)cc3)c(N)c2C(=O)O)cc1. The molecule has 3 rings (SSSR count). The fourth-order valence-corrected chi connectivity index (χ4v) is 3.09. The molecule has 0 radical (unpaired) electrons. The van der Waals surface area contributed by atoms with E-state index in [0.29, 0.717) is 11.1 Å². The number of nitrogen functional groups attached to an aromatic ring is 1. The molecular formula is C22H19NO4. The van der Waals surface area contributed by atoms with E-state index in [-0.39, 0.29) is 27.9 Å². The van der Waals surface area contributed by atoms with Crippen molar-refractivity contribution < 1.29 is 19.8 Å². The molecule has 0 aliphatic carbocycles. The first-order chi connectivity index (χ1) is 12.8. The molecule has 0 heterocycles. The number of hydrogen-bond acceptors (Lipinski definition) is 3. The van der Waals surface area contributed by atoms with Gasteiger partial charge in [-0.1, -0.05) is 59.7 Å². The second-order valence-corrected chi connectivity index (χ2v) is 6.48. The standard InChI is InChI=1S/C22H19NO4/c1-12-3-7-14(8-4-12)16-11-17(21(24)25)18(20(23)19(16)22(26)27)15-9-5-13(2)6-10-15/h3-11H,23H2,1-2H3,(H,24,25)(H,26,27). The lowest BCUT2D eigenvalue weighted by molar-refractivity contribution is 0.0683. The molecule has 5 nitrogen and oxygen atoms in total. The predicted octanol–water partition coefficient (Wildman–Crippen LogP) is 4.62. The summed E-state index contributed by atoms with van der Waals surface area (Å²) in [6.45, 7) is 3.83. The fraction of sp³-hybridized carbons (Fsp3) is 0.0909. The smallest absolute Gasteiger partial charge is 0.338 e. The summed E-state index contributed by atoms with van der Waals surface area (Å²) in [6, 6.07) is 15.7. The molecule has 0 aliphatic rings. The minimum Gasteiger partial charge on any atom is -0.478 e.